The van der Waals surface area contributed by atoms with E-state index in [1.807, 2.05) is 61.5 Å². The molecule has 0 aliphatic carbocycles. The molecule has 0 amide bonds. The summed E-state index contributed by atoms with van der Waals surface area (Å²) >= 11 is 0. The van der Waals surface area contributed by atoms with Crippen LogP contribution in [0.1, 0.15) is 29.0 Å². The van der Waals surface area contributed by atoms with Gasteiger partial charge < -0.3 is 9.83 Å². The van der Waals surface area contributed by atoms with E-state index in [9.17, 15) is 0 Å². The van der Waals surface area contributed by atoms with Crippen molar-refractivity contribution in [2.45, 2.75) is 19.8 Å². The molecule has 0 saturated carbocycles. The minimum Gasteiger partial charge on any atom is -0.441 e. The number of hydrogen-bond donors (Lipinski definition) is 1. The van der Waals surface area contributed by atoms with E-state index in [2.05, 4.69) is 11.6 Å². The lowest BCUT2D eigenvalue weighted by Gasteiger charge is -2.04. The standard InChI is InChI=1S/C21H20N2O/c1-3-16-9-11-17(12-10-16)19(22)13-14-20-15(2)24-21(23-20)18-7-5-4-6-8-18/h3-12,22H,1,13-14H2,2H3. The van der Waals surface area contributed by atoms with E-state index in [4.69, 9.17) is 9.83 Å². The SMILES string of the molecule is C=Cc1ccc(C(=N)CCc2nc(-c3ccccc3)oc2C)cc1. The van der Waals surface area contributed by atoms with Crippen LogP contribution in [0.15, 0.2) is 65.6 Å². The van der Waals surface area contributed by atoms with Crippen molar-refractivity contribution in [2.75, 3.05) is 0 Å². The highest BCUT2D eigenvalue weighted by Gasteiger charge is 2.12. The quantitative estimate of drug-likeness (QED) is 0.628. The summed E-state index contributed by atoms with van der Waals surface area (Å²) < 4.78 is 5.78. The predicted molar refractivity (Wildman–Crippen MR) is 98.4 cm³/mol. The molecular formula is C21H20N2O. The lowest BCUT2D eigenvalue weighted by atomic mass is 10.0. The van der Waals surface area contributed by atoms with Gasteiger partial charge in [0.2, 0.25) is 5.89 Å². The Morgan fingerprint density at radius 2 is 1.83 bits per heavy atom. The number of oxazole rings is 1. The van der Waals surface area contributed by atoms with Crippen molar-refractivity contribution in [3.05, 3.63) is 83.8 Å². The van der Waals surface area contributed by atoms with Gasteiger partial charge in [-0.25, -0.2) is 4.98 Å². The first kappa shape index (κ1) is 15.9. The number of aryl methyl sites for hydroxylation is 2. The van der Waals surface area contributed by atoms with Gasteiger partial charge in [0.25, 0.3) is 0 Å². The molecule has 120 valence electrons. The summed E-state index contributed by atoms with van der Waals surface area (Å²) in [6, 6.07) is 17.8. The van der Waals surface area contributed by atoms with E-state index in [0.29, 0.717) is 24.4 Å². The number of nitrogens with one attached hydrogen (secondary N) is 1. The fourth-order valence-electron chi connectivity index (χ4n) is 2.57. The van der Waals surface area contributed by atoms with Crippen LogP contribution in [-0.4, -0.2) is 10.7 Å². The van der Waals surface area contributed by atoms with E-state index >= 15 is 0 Å². The Hall–Kier alpha value is -2.94. The molecule has 3 heteroatoms. The molecule has 0 saturated heterocycles. The van der Waals surface area contributed by atoms with Crippen molar-refractivity contribution >= 4 is 11.8 Å². The maximum absolute atomic E-state index is 8.26. The molecular weight excluding hydrogens is 296 g/mol. The van der Waals surface area contributed by atoms with Crippen molar-refractivity contribution in [3.63, 3.8) is 0 Å². The van der Waals surface area contributed by atoms with Gasteiger partial charge in [-0.05, 0) is 43.0 Å². The van der Waals surface area contributed by atoms with Crippen LogP contribution in [0.2, 0.25) is 0 Å². The normalized spacial score (nSPS) is 10.5. The molecule has 24 heavy (non-hydrogen) atoms. The second-order valence-corrected chi connectivity index (χ2v) is 5.69. The van der Waals surface area contributed by atoms with E-state index in [1.165, 1.54) is 0 Å². The first-order chi connectivity index (χ1) is 11.7. The van der Waals surface area contributed by atoms with Crippen molar-refractivity contribution < 1.29 is 4.42 Å². The van der Waals surface area contributed by atoms with E-state index < -0.39 is 0 Å². The molecule has 0 atom stereocenters. The highest BCUT2D eigenvalue weighted by Crippen LogP contribution is 2.22. The van der Waals surface area contributed by atoms with E-state index in [1.54, 1.807) is 6.08 Å². The van der Waals surface area contributed by atoms with Gasteiger partial charge in [-0.3, -0.25) is 0 Å². The van der Waals surface area contributed by atoms with Gasteiger partial charge in [0.1, 0.15) is 5.76 Å². The molecule has 1 heterocycles. The zero-order valence-electron chi connectivity index (χ0n) is 13.8. The highest BCUT2D eigenvalue weighted by molar-refractivity contribution is 5.98. The number of hydrogen-bond acceptors (Lipinski definition) is 3. The van der Waals surface area contributed by atoms with Crippen LogP contribution >= 0.6 is 0 Å². The Morgan fingerprint density at radius 3 is 2.50 bits per heavy atom. The molecule has 0 fully saturated rings. The molecule has 3 rings (SSSR count). The first-order valence-corrected chi connectivity index (χ1v) is 7.99. The highest BCUT2D eigenvalue weighted by atomic mass is 16.4. The molecule has 0 bridgehead atoms. The van der Waals surface area contributed by atoms with Gasteiger partial charge in [-0.15, -0.1) is 0 Å². The van der Waals surface area contributed by atoms with Crippen LogP contribution in [0.3, 0.4) is 0 Å². The van der Waals surface area contributed by atoms with Crippen LogP contribution in [0.25, 0.3) is 17.5 Å². The Labute approximate surface area is 142 Å². The second-order valence-electron chi connectivity index (χ2n) is 5.69. The van der Waals surface area contributed by atoms with Gasteiger partial charge in [0.05, 0.1) is 5.69 Å². The Morgan fingerprint density at radius 1 is 1.12 bits per heavy atom. The summed E-state index contributed by atoms with van der Waals surface area (Å²) in [5.74, 6) is 1.47. The molecule has 0 unspecified atom stereocenters. The van der Waals surface area contributed by atoms with Crippen LogP contribution in [0, 0.1) is 12.3 Å². The third kappa shape index (κ3) is 3.51. The number of rotatable bonds is 6. The smallest absolute Gasteiger partial charge is 0.226 e. The molecule has 3 aromatic rings. The molecule has 0 aliphatic heterocycles. The maximum Gasteiger partial charge on any atom is 0.226 e. The van der Waals surface area contributed by atoms with Crippen molar-refractivity contribution in [1.82, 2.24) is 4.98 Å². The molecule has 0 radical (unpaired) electrons. The summed E-state index contributed by atoms with van der Waals surface area (Å²) in [7, 11) is 0. The zero-order valence-corrected chi connectivity index (χ0v) is 13.8. The number of nitrogens with zero attached hydrogens (tertiary/aromatic N) is 1. The molecule has 3 nitrogen and oxygen atoms in total. The summed E-state index contributed by atoms with van der Waals surface area (Å²) in [6.07, 6.45) is 3.14. The van der Waals surface area contributed by atoms with Crippen LogP contribution in [0.5, 0.6) is 0 Å². The Kier molecular flexibility index (Phi) is 4.71. The summed E-state index contributed by atoms with van der Waals surface area (Å²) in [4.78, 5) is 4.60. The van der Waals surface area contributed by atoms with Crippen molar-refractivity contribution in [1.29, 1.82) is 5.41 Å². The third-order valence-corrected chi connectivity index (χ3v) is 4.02. The Balaban J connectivity index is 1.69. The van der Waals surface area contributed by atoms with E-state index in [0.717, 1.165) is 28.1 Å². The lowest BCUT2D eigenvalue weighted by Crippen LogP contribution is -2.02. The van der Waals surface area contributed by atoms with Crippen LogP contribution < -0.4 is 0 Å². The summed E-state index contributed by atoms with van der Waals surface area (Å²) in [5, 5.41) is 8.26. The zero-order chi connectivity index (χ0) is 16.9. The van der Waals surface area contributed by atoms with Gasteiger partial charge in [-0.1, -0.05) is 55.1 Å². The Bertz CT molecular complexity index is 845. The van der Waals surface area contributed by atoms with Gasteiger partial charge >= 0.3 is 0 Å². The van der Waals surface area contributed by atoms with Gasteiger partial charge in [-0.2, -0.15) is 0 Å². The molecule has 1 aromatic heterocycles. The summed E-state index contributed by atoms with van der Waals surface area (Å²) in [6.45, 7) is 5.67. The van der Waals surface area contributed by atoms with Crippen molar-refractivity contribution in [3.8, 4) is 11.5 Å². The minimum absolute atomic E-state index is 0.606. The lowest BCUT2D eigenvalue weighted by molar-refractivity contribution is 0.539. The molecule has 2 aromatic carbocycles. The largest absolute Gasteiger partial charge is 0.441 e. The van der Waals surface area contributed by atoms with Gasteiger partial charge in [0.15, 0.2) is 0 Å². The number of aromatic nitrogens is 1. The average molecular weight is 316 g/mol. The molecule has 0 aliphatic rings. The second kappa shape index (κ2) is 7.09. The first-order valence-electron chi connectivity index (χ1n) is 7.99. The van der Waals surface area contributed by atoms with Gasteiger partial charge in [0, 0.05) is 11.3 Å². The third-order valence-electron chi connectivity index (χ3n) is 4.02. The number of benzene rings is 2. The molecule has 1 N–H and O–H groups in total. The predicted octanol–water partition coefficient (Wildman–Crippen LogP) is 5.29. The maximum atomic E-state index is 8.26. The van der Waals surface area contributed by atoms with E-state index in [-0.39, 0.29) is 0 Å². The average Bonchev–Trinajstić information content (AvgIpc) is 3.01. The van der Waals surface area contributed by atoms with Crippen LogP contribution in [-0.2, 0) is 6.42 Å². The summed E-state index contributed by atoms with van der Waals surface area (Å²) in [5.41, 5.74) is 4.49. The monoisotopic (exact) mass is 316 g/mol. The van der Waals surface area contributed by atoms with Crippen LogP contribution in [0.4, 0.5) is 0 Å². The minimum atomic E-state index is 0.606. The fraction of sp³-hybridized carbons (Fsp3) is 0.143. The topological polar surface area (TPSA) is 49.9 Å². The fourth-order valence-corrected chi connectivity index (χ4v) is 2.57. The van der Waals surface area contributed by atoms with Crippen molar-refractivity contribution in [2.24, 2.45) is 0 Å². The molecule has 0 spiro atoms.